The largest absolute Gasteiger partial charge is 0.393 e. The van der Waals surface area contributed by atoms with Crippen molar-refractivity contribution >= 4 is 17.5 Å². The van der Waals surface area contributed by atoms with Crippen LogP contribution in [0, 0.1) is 17.1 Å². The molecule has 4 aromatic rings. The summed E-state index contributed by atoms with van der Waals surface area (Å²) >= 11 is 6.23. The van der Waals surface area contributed by atoms with Gasteiger partial charge in [0.05, 0.1) is 47.3 Å². The lowest BCUT2D eigenvalue weighted by atomic mass is 9.82. The molecule has 1 aliphatic heterocycles. The van der Waals surface area contributed by atoms with Crippen molar-refractivity contribution in [3.63, 3.8) is 0 Å². The fourth-order valence-electron chi connectivity index (χ4n) is 5.96. The molecule has 2 aliphatic rings. The average Bonchev–Trinajstić information content (AvgIpc) is 3.53. The van der Waals surface area contributed by atoms with Crippen molar-refractivity contribution < 1.29 is 24.1 Å². The molecule has 1 saturated carbocycles. The number of amides is 1. The lowest BCUT2D eigenvalue weighted by molar-refractivity contribution is -0.191. The molecule has 43 heavy (non-hydrogen) atoms. The molecule has 0 bridgehead atoms. The van der Waals surface area contributed by atoms with Crippen molar-refractivity contribution in [2.45, 2.75) is 56.3 Å². The minimum atomic E-state index is -1.74. The van der Waals surface area contributed by atoms with Crippen molar-refractivity contribution in [2.24, 2.45) is 7.05 Å². The van der Waals surface area contributed by atoms with Crippen LogP contribution in [0.1, 0.15) is 70.1 Å². The van der Waals surface area contributed by atoms with Crippen LogP contribution in [0.15, 0.2) is 67.1 Å². The number of hydrogen-bond donors (Lipinski definition) is 2. The molecule has 0 saturated heterocycles. The molecule has 1 amide bonds. The van der Waals surface area contributed by atoms with E-state index in [1.165, 1.54) is 29.4 Å². The van der Waals surface area contributed by atoms with Gasteiger partial charge in [0, 0.05) is 35.6 Å². The zero-order valence-corrected chi connectivity index (χ0v) is 24.3. The first kappa shape index (κ1) is 29.0. The van der Waals surface area contributed by atoms with E-state index in [-0.39, 0.29) is 29.7 Å². The zero-order chi connectivity index (χ0) is 30.5. The second kappa shape index (κ2) is 10.8. The van der Waals surface area contributed by atoms with Gasteiger partial charge in [0.25, 0.3) is 5.91 Å². The van der Waals surface area contributed by atoms with E-state index in [0.717, 1.165) is 0 Å². The third kappa shape index (κ3) is 4.79. The number of aryl methyl sites for hydroxylation is 1. The lowest BCUT2D eigenvalue weighted by Gasteiger charge is -2.45. The number of fused-ring (bicyclic) bond motifs is 1. The molecular formula is C32H29ClFN5O4. The smallest absolute Gasteiger partial charge is 0.257 e. The van der Waals surface area contributed by atoms with E-state index in [9.17, 15) is 20.3 Å². The highest BCUT2D eigenvalue weighted by molar-refractivity contribution is 6.30. The number of carbonyl (C=O) groups excluding carboxylic acids is 1. The standard InChI is InChI=1S/C32H29ClFN5O4/c1-3-31(42,22-16-37-38(2)17-22)21-10-27-29(28(34)11-21)32(43-26-12-25(40)13-26,20-5-7-23(33)8-6-20)39(30(27)41)18-24-9-4-19(14-35)15-36-24/h4-11,15-17,25-26,40,42H,3,12-13,18H2,1-2H3/t25-,26+,31?,32-/m1/s1. The summed E-state index contributed by atoms with van der Waals surface area (Å²) in [6, 6.07) is 14.7. The number of hydrogen-bond acceptors (Lipinski definition) is 7. The summed E-state index contributed by atoms with van der Waals surface area (Å²) < 4.78 is 24.9. The number of carbonyl (C=O) groups is 1. The molecule has 2 atom stereocenters. The molecule has 1 fully saturated rings. The number of benzene rings is 2. The molecule has 2 N–H and O–H groups in total. The molecule has 1 aliphatic carbocycles. The van der Waals surface area contributed by atoms with Crippen LogP contribution in [-0.4, -0.2) is 48.0 Å². The van der Waals surface area contributed by atoms with Gasteiger partial charge < -0.3 is 14.9 Å². The minimum Gasteiger partial charge on any atom is -0.393 e. The highest BCUT2D eigenvalue weighted by Crippen LogP contribution is 2.51. The number of halogens is 2. The number of aliphatic hydroxyl groups excluding tert-OH is 1. The number of rotatable bonds is 8. The Bertz CT molecular complexity index is 1730. The first-order chi connectivity index (χ1) is 20.6. The highest BCUT2D eigenvalue weighted by atomic mass is 35.5. The molecule has 0 radical (unpaired) electrons. The van der Waals surface area contributed by atoms with Crippen LogP contribution in [0.25, 0.3) is 0 Å². The Balaban J connectivity index is 1.57. The summed E-state index contributed by atoms with van der Waals surface area (Å²) in [7, 11) is 1.72. The lowest BCUT2D eigenvalue weighted by Crippen LogP contribution is -2.51. The van der Waals surface area contributed by atoms with Crippen molar-refractivity contribution in [1.29, 1.82) is 5.26 Å². The van der Waals surface area contributed by atoms with Crippen LogP contribution in [0.5, 0.6) is 0 Å². The van der Waals surface area contributed by atoms with Crippen LogP contribution in [0.4, 0.5) is 4.39 Å². The van der Waals surface area contributed by atoms with Crippen LogP contribution >= 0.6 is 11.6 Å². The number of aromatic nitrogens is 3. The van der Waals surface area contributed by atoms with Gasteiger partial charge in [-0.05, 0) is 61.2 Å². The molecule has 2 aromatic carbocycles. The molecule has 220 valence electrons. The molecule has 11 heteroatoms. The Morgan fingerprint density at radius 2 is 1.93 bits per heavy atom. The van der Waals surface area contributed by atoms with Crippen LogP contribution < -0.4 is 0 Å². The Labute approximate surface area is 252 Å². The summed E-state index contributed by atoms with van der Waals surface area (Å²) in [5.41, 5.74) is -1.38. The number of pyridine rings is 1. The Morgan fingerprint density at radius 3 is 2.51 bits per heavy atom. The number of nitriles is 1. The monoisotopic (exact) mass is 601 g/mol. The van der Waals surface area contributed by atoms with Crippen molar-refractivity contribution in [3.05, 3.63) is 117 Å². The highest BCUT2D eigenvalue weighted by Gasteiger charge is 2.56. The Hall–Kier alpha value is -4.14. The van der Waals surface area contributed by atoms with E-state index in [1.807, 2.05) is 6.07 Å². The minimum absolute atomic E-state index is 0.00301. The van der Waals surface area contributed by atoms with E-state index >= 15 is 4.39 Å². The fourth-order valence-corrected chi connectivity index (χ4v) is 6.09. The predicted octanol–water partition coefficient (Wildman–Crippen LogP) is 4.52. The molecule has 3 heterocycles. The van der Waals surface area contributed by atoms with Crippen molar-refractivity contribution in [2.75, 3.05) is 0 Å². The number of nitrogens with zero attached hydrogens (tertiary/aromatic N) is 5. The normalized spacial score (nSPS) is 22.5. The molecule has 9 nitrogen and oxygen atoms in total. The van der Waals surface area contributed by atoms with E-state index in [0.29, 0.717) is 40.2 Å². The van der Waals surface area contributed by atoms with E-state index in [2.05, 4.69) is 10.1 Å². The third-order valence-electron chi connectivity index (χ3n) is 8.37. The summed E-state index contributed by atoms with van der Waals surface area (Å²) in [6.45, 7) is 1.69. The SMILES string of the molecule is CCC(O)(c1cc(F)c2c(c1)C(=O)N(Cc1ccc(C#N)cn1)[C@@]2(O[C@H]1C[C@@H](O)C1)c1ccc(Cl)cc1)c1cnn(C)c1. The molecule has 6 rings (SSSR count). The maximum atomic E-state index is 16.7. The number of ether oxygens (including phenoxy) is 1. The second-order valence-electron chi connectivity index (χ2n) is 11.1. The molecular weight excluding hydrogens is 573 g/mol. The van der Waals surface area contributed by atoms with E-state index < -0.39 is 35.3 Å². The van der Waals surface area contributed by atoms with Gasteiger partial charge in [0.15, 0.2) is 0 Å². The van der Waals surface area contributed by atoms with Crippen LogP contribution in [0.3, 0.4) is 0 Å². The van der Waals surface area contributed by atoms with E-state index in [4.69, 9.17) is 16.3 Å². The fraction of sp³-hybridized carbons (Fsp3) is 0.312. The predicted molar refractivity (Wildman–Crippen MR) is 154 cm³/mol. The van der Waals surface area contributed by atoms with Gasteiger partial charge in [-0.2, -0.15) is 10.4 Å². The summed E-state index contributed by atoms with van der Waals surface area (Å²) in [6.07, 6.45) is 4.37. The zero-order valence-electron chi connectivity index (χ0n) is 23.5. The maximum Gasteiger partial charge on any atom is 0.257 e. The van der Waals surface area contributed by atoms with Gasteiger partial charge in [-0.15, -0.1) is 0 Å². The first-order valence-corrected chi connectivity index (χ1v) is 14.3. The molecule has 0 spiro atoms. The Morgan fingerprint density at radius 1 is 1.19 bits per heavy atom. The average molecular weight is 602 g/mol. The maximum absolute atomic E-state index is 16.7. The van der Waals surface area contributed by atoms with Gasteiger partial charge >= 0.3 is 0 Å². The van der Waals surface area contributed by atoms with Crippen molar-refractivity contribution in [1.82, 2.24) is 19.7 Å². The molecule has 2 aromatic heterocycles. The first-order valence-electron chi connectivity index (χ1n) is 13.9. The molecule has 1 unspecified atom stereocenters. The van der Waals surface area contributed by atoms with Crippen LogP contribution in [-0.2, 0) is 29.7 Å². The van der Waals surface area contributed by atoms with Gasteiger partial charge in [-0.25, -0.2) is 4.39 Å². The van der Waals surface area contributed by atoms with E-state index in [1.54, 1.807) is 61.2 Å². The van der Waals surface area contributed by atoms with Gasteiger partial charge in [0.2, 0.25) is 5.72 Å². The Kier molecular flexibility index (Phi) is 7.30. The van der Waals surface area contributed by atoms with Gasteiger partial charge in [-0.1, -0.05) is 30.7 Å². The van der Waals surface area contributed by atoms with Crippen molar-refractivity contribution in [3.8, 4) is 6.07 Å². The van der Waals surface area contributed by atoms with Gasteiger partial charge in [0.1, 0.15) is 17.5 Å². The second-order valence-corrected chi connectivity index (χ2v) is 11.5. The summed E-state index contributed by atoms with van der Waals surface area (Å²) in [4.78, 5) is 20.2. The summed E-state index contributed by atoms with van der Waals surface area (Å²) in [5, 5.41) is 35.7. The van der Waals surface area contributed by atoms with Crippen LogP contribution in [0.2, 0.25) is 5.02 Å². The van der Waals surface area contributed by atoms with Gasteiger partial charge in [-0.3, -0.25) is 19.4 Å². The third-order valence-corrected chi connectivity index (χ3v) is 8.63. The summed E-state index contributed by atoms with van der Waals surface area (Å²) in [5.74, 6) is -1.26. The topological polar surface area (TPSA) is 124 Å². The number of aliphatic hydroxyl groups is 2. The quantitative estimate of drug-likeness (QED) is 0.304.